The van der Waals surface area contributed by atoms with E-state index in [1.807, 2.05) is 5.10 Å². The second-order valence-corrected chi connectivity index (χ2v) is 8.93. The Kier molecular flexibility index (Phi) is 8.13. The molecule has 1 atom stereocenters. The summed E-state index contributed by atoms with van der Waals surface area (Å²) in [5, 5.41) is 5.16. The van der Waals surface area contributed by atoms with Gasteiger partial charge in [0.05, 0.1) is 53.9 Å². The summed E-state index contributed by atoms with van der Waals surface area (Å²) in [5.74, 6) is -0.0509. The summed E-state index contributed by atoms with van der Waals surface area (Å²) in [5.41, 5.74) is -2.91. The fourth-order valence-corrected chi connectivity index (χ4v) is 4.35. The second kappa shape index (κ2) is 11.2. The summed E-state index contributed by atoms with van der Waals surface area (Å²) in [6, 6.07) is -0.533. The van der Waals surface area contributed by atoms with E-state index in [9.17, 15) is 35.9 Å². The van der Waals surface area contributed by atoms with Crippen LogP contribution in [0.3, 0.4) is 0 Å². The van der Waals surface area contributed by atoms with Crippen molar-refractivity contribution in [3.8, 4) is 0 Å². The predicted molar refractivity (Wildman–Crippen MR) is 126 cm³/mol. The number of anilines is 1. The largest absolute Gasteiger partial charge is 0.419 e. The number of H-pyrrole nitrogens is 1. The number of aromatic amines is 1. The molecule has 1 fully saturated rings. The van der Waals surface area contributed by atoms with Crippen molar-refractivity contribution in [1.29, 1.82) is 0 Å². The third kappa shape index (κ3) is 6.32. The molecule has 1 aliphatic heterocycles. The van der Waals surface area contributed by atoms with Crippen LogP contribution >= 0.6 is 0 Å². The quantitative estimate of drug-likeness (QED) is 0.332. The highest BCUT2D eigenvalue weighted by Gasteiger charge is 2.37. The van der Waals surface area contributed by atoms with E-state index < -0.39 is 40.5 Å². The molecule has 0 spiro atoms. The molecule has 4 rings (SSSR count). The van der Waals surface area contributed by atoms with E-state index >= 15 is 0 Å². The molecule has 1 saturated heterocycles. The van der Waals surface area contributed by atoms with E-state index in [0.717, 1.165) is 24.8 Å². The molecule has 0 bridgehead atoms. The Bertz CT molecular complexity index is 1350. The molecule has 0 saturated carbocycles. The lowest BCUT2D eigenvalue weighted by molar-refractivity contribution is -0.138. The Morgan fingerprint density at radius 3 is 2.31 bits per heavy atom. The summed E-state index contributed by atoms with van der Waals surface area (Å²) in [7, 11) is 0. The van der Waals surface area contributed by atoms with Crippen molar-refractivity contribution in [3.63, 3.8) is 0 Å². The van der Waals surface area contributed by atoms with Crippen LogP contribution in [0.5, 0.6) is 0 Å². The molecule has 0 aliphatic carbocycles. The fraction of sp³-hybridized carbons (Fsp3) is 0.522. The molecule has 1 amide bonds. The maximum atomic E-state index is 13.5. The molecule has 4 heterocycles. The van der Waals surface area contributed by atoms with Gasteiger partial charge in [-0.05, 0) is 6.42 Å². The van der Waals surface area contributed by atoms with Gasteiger partial charge in [-0.3, -0.25) is 9.59 Å². The summed E-state index contributed by atoms with van der Waals surface area (Å²) < 4.78 is 85.6. The first-order chi connectivity index (χ1) is 18.4. The Morgan fingerprint density at radius 2 is 1.72 bits per heavy atom. The molecule has 3 aromatic heterocycles. The van der Waals surface area contributed by atoms with Crippen LogP contribution in [0, 0.1) is 0 Å². The zero-order valence-electron chi connectivity index (χ0n) is 20.7. The number of piperazine rings is 1. The van der Waals surface area contributed by atoms with E-state index in [-0.39, 0.29) is 37.0 Å². The molecular weight excluding hydrogens is 536 g/mol. The number of ether oxygens (including phenoxy) is 1. The maximum absolute atomic E-state index is 13.5. The lowest BCUT2D eigenvalue weighted by atomic mass is 10.2. The number of nitrogens with one attached hydrogen (secondary N) is 1. The molecule has 1 aliphatic rings. The molecule has 39 heavy (non-hydrogen) atoms. The van der Waals surface area contributed by atoms with Gasteiger partial charge in [0.1, 0.15) is 0 Å². The van der Waals surface area contributed by atoms with Crippen molar-refractivity contribution < 1.29 is 35.9 Å². The van der Waals surface area contributed by atoms with Crippen molar-refractivity contribution in [3.05, 3.63) is 46.3 Å². The first-order valence-corrected chi connectivity index (χ1v) is 12.0. The van der Waals surface area contributed by atoms with Crippen molar-refractivity contribution in [2.24, 2.45) is 0 Å². The number of nitrogens with zero attached hydrogens (tertiary/aromatic N) is 6. The Hall–Kier alpha value is -3.69. The number of halogens is 6. The van der Waals surface area contributed by atoms with Crippen LogP contribution < -0.4 is 10.5 Å². The normalized spacial score (nSPS) is 15.7. The van der Waals surface area contributed by atoms with E-state index in [1.165, 1.54) is 4.57 Å². The third-order valence-corrected chi connectivity index (χ3v) is 6.47. The van der Waals surface area contributed by atoms with E-state index in [1.54, 1.807) is 16.7 Å². The number of amides is 1. The van der Waals surface area contributed by atoms with Gasteiger partial charge in [0.2, 0.25) is 11.9 Å². The summed E-state index contributed by atoms with van der Waals surface area (Å²) in [6.45, 7) is 3.11. The Morgan fingerprint density at radius 1 is 1.05 bits per heavy atom. The second-order valence-electron chi connectivity index (χ2n) is 8.93. The maximum Gasteiger partial charge on any atom is 0.419 e. The highest BCUT2D eigenvalue weighted by molar-refractivity contribution is 5.83. The Balaban J connectivity index is 1.29. The van der Waals surface area contributed by atoms with E-state index in [2.05, 4.69) is 15.1 Å². The lowest BCUT2D eigenvalue weighted by Gasteiger charge is -2.34. The number of fused-ring (bicyclic) bond motifs is 1. The number of hydrogen-bond donors (Lipinski definition) is 1. The molecule has 212 valence electrons. The Labute approximate surface area is 217 Å². The minimum absolute atomic E-state index is 0.0106. The standard InChI is InChI=1S/C23H25F6N7O3/c1-2-15(36-12-16(23(27,28)29)19-17(36)11-32-33-20(19)38)13-39-8-3-18(37)34-4-6-35(7-5-34)21-30-9-14(10-31-21)22(24,25)26/h9-12,15H,2-8,13H2,1H3,(H,33,38). The number of carbonyl (C=O) groups excluding carboxylic acids is 1. The smallest absolute Gasteiger partial charge is 0.379 e. The number of aromatic nitrogens is 5. The zero-order valence-corrected chi connectivity index (χ0v) is 20.7. The van der Waals surface area contributed by atoms with Crippen LogP contribution in [-0.4, -0.2) is 74.9 Å². The molecule has 1 unspecified atom stereocenters. The van der Waals surface area contributed by atoms with Crippen LogP contribution in [0.15, 0.2) is 29.6 Å². The minimum Gasteiger partial charge on any atom is -0.379 e. The van der Waals surface area contributed by atoms with Gasteiger partial charge in [-0.1, -0.05) is 6.92 Å². The van der Waals surface area contributed by atoms with Crippen LogP contribution in [0.1, 0.15) is 36.9 Å². The molecule has 16 heteroatoms. The van der Waals surface area contributed by atoms with Gasteiger partial charge in [0.15, 0.2) is 0 Å². The number of rotatable bonds is 8. The predicted octanol–water partition coefficient (Wildman–Crippen LogP) is 3.26. The summed E-state index contributed by atoms with van der Waals surface area (Å²) in [4.78, 5) is 35.5. The topological polar surface area (TPSA) is 109 Å². The first kappa shape index (κ1) is 28.3. The van der Waals surface area contributed by atoms with Gasteiger partial charge in [-0.15, -0.1) is 0 Å². The molecule has 1 N–H and O–H groups in total. The third-order valence-electron chi connectivity index (χ3n) is 6.47. The van der Waals surface area contributed by atoms with Gasteiger partial charge >= 0.3 is 12.4 Å². The van der Waals surface area contributed by atoms with E-state index in [4.69, 9.17) is 4.74 Å². The average Bonchev–Trinajstić information content (AvgIpc) is 3.30. The molecule has 3 aromatic rings. The molecule has 0 radical (unpaired) electrons. The number of carbonyl (C=O) groups is 1. The van der Waals surface area contributed by atoms with Crippen molar-refractivity contribution in [2.75, 3.05) is 44.3 Å². The van der Waals surface area contributed by atoms with Crippen LogP contribution in [0.25, 0.3) is 10.9 Å². The average molecular weight is 561 g/mol. The minimum atomic E-state index is -4.73. The van der Waals surface area contributed by atoms with Crippen LogP contribution in [-0.2, 0) is 21.9 Å². The highest BCUT2D eigenvalue weighted by Crippen LogP contribution is 2.36. The highest BCUT2D eigenvalue weighted by atomic mass is 19.4. The molecular formula is C23H25F6N7O3. The molecule has 10 nitrogen and oxygen atoms in total. The number of alkyl halides is 6. The van der Waals surface area contributed by atoms with Gasteiger partial charge in [-0.25, -0.2) is 15.1 Å². The fourth-order valence-electron chi connectivity index (χ4n) is 4.35. The van der Waals surface area contributed by atoms with Gasteiger partial charge < -0.3 is 19.1 Å². The van der Waals surface area contributed by atoms with Crippen molar-refractivity contribution >= 4 is 22.8 Å². The summed E-state index contributed by atoms with van der Waals surface area (Å²) >= 11 is 0. The van der Waals surface area contributed by atoms with Crippen LogP contribution in [0.2, 0.25) is 0 Å². The van der Waals surface area contributed by atoms with Crippen molar-refractivity contribution in [2.45, 2.75) is 38.2 Å². The zero-order chi connectivity index (χ0) is 28.4. The van der Waals surface area contributed by atoms with Gasteiger partial charge in [0, 0.05) is 44.8 Å². The monoisotopic (exact) mass is 561 g/mol. The van der Waals surface area contributed by atoms with Gasteiger partial charge in [0.25, 0.3) is 5.56 Å². The van der Waals surface area contributed by atoms with Gasteiger partial charge in [-0.2, -0.15) is 31.4 Å². The van der Waals surface area contributed by atoms with Crippen LogP contribution in [0.4, 0.5) is 32.3 Å². The number of hydrogen-bond acceptors (Lipinski definition) is 7. The van der Waals surface area contributed by atoms with Crippen molar-refractivity contribution in [1.82, 2.24) is 29.6 Å². The molecule has 0 aromatic carbocycles. The van der Waals surface area contributed by atoms with E-state index in [0.29, 0.717) is 32.6 Å². The first-order valence-electron chi connectivity index (χ1n) is 12.0. The lowest BCUT2D eigenvalue weighted by Crippen LogP contribution is -2.49. The SMILES string of the molecule is CCC(COCCC(=O)N1CCN(c2ncc(C(F)(F)F)cn2)CC1)n1cc(C(F)(F)F)c2c(=O)[nH]ncc21. The summed E-state index contributed by atoms with van der Waals surface area (Å²) in [6.07, 6.45) is -5.35.